The maximum absolute atomic E-state index is 8.75. The van der Waals surface area contributed by atoms with E-state index in [9.17, 15) is 0 Å². The van der Waals surface area contributed by atoms with Gasteiger partial charge in [0.1, 0.15) is 5.58 Å². The molecule has 1 radical (unpaired) electrons. The molecule has 5 heteroatoms. The molecule has 0 N–H and O–H groups in total. The predicted octanol–water partition coefficient (Wildman–Crippen LogP) is 12.4. The summed E-state index contributed by atoms with van der Waals surface area (Å²) in [5.41, 5.74) is 8.21. The van der Waals surface area contributed by atoms with Crippen LogP contribution in [0, 0.1) is 17.5 Å². The molecule has 0 unspecified atom stereocenters. The van der Waals surface area contributed by atoms with Gasteiger partial charge in [-0.3, -0.25) is 0 Å². The van der Waals surface area contributed by atoms with Crippen molar-refractivity contribution in [3.63, 3.8) is 0 Å². The van der Waals surface area contributed by atoms with Crippen LogP contribution in [0.3, 0.4) is 0 Å². The van der Waals surface area contributed by atoms with Crippen LogP contribution in [0.1, 0.15) is 42.9 Å². The third-order valence-electron chi connectivity index (χ3n) is 8.83. The van der Waals surface area contributed by atoms with Gasteiger partial charge in [-0.05, 0) is 69.1 Å². The van der Waals surface area contributed by atoms with Crippen LogP contribution in [0.25, 0.3) is 55.6 Å². The molecule has 0 fully saturated rings. The molecule has 8 aromatic rings. The van der Waals surface area contributed by atoms with Crippen LogP contribution in [-0.2, 0) is 32.9 Å². The number of benzene rings is 5. The number of hydrogen-bond donors (Lipinski definition) is 0. The molecule has 3 heterocycles. The van der Waals surface area contributed by atoms with Crippen molar-refractivity contribution < 1.29 is 30.0 Å². The number of aromatic nitrogens is 2. The summed E-state index contributed by atoms with van der Waals surface area (Å²) >= 11 is 0. The molecule has 0 saturated carbocycles. The van der Waals surface area contributed by atoms with E-state index < -0.39 is 26.2 Å². The average Bonchev–Trinajstić information content (AvgIpc) is 3.59. The van der Waals surface area contributed by atoms with E-state index in [1.807, 2.05) is 106 Å². The largest absolute Gasteiger partial charge is 0.501 e. The summed E-state index contributed by atoms with van der Waals surface area (Å²) in [6, 6.07) is 49.2. The maximum Gasteiger partial charge on any atom is 0.121 e. The molecule has 3 nitrogen and oxygen atoms in total. The van der Waals surface area contributed by atoms with Gasteiger partial charge in [0, 0.05) is 43.4 Å². The zero-order valence-electron chi connectivity index (χ0n) is 35.5. The van der Waals surface area contributed by atoms with E-state index in [-0.39, 0.29) is 20.1 Å². The van der Waals surface area contributed by atoms with Crippen molar-refractivity contribution in [1.29, 1.82) is 0 Å². The van der Waals surface area contributed by atoms with Crippen molar-refractivity contribution >= 4 is 35.2 Å². The molecule has 273 valence electrons. The molecule has 0 atom stereocenters. The quantitative estimate of drug-likeness (QED) is 0.118. The molecular weight excluding hydrogens is 853 g/mol. The fraction of sp³-hybridized carbons (Fsp3) is 0.184. The molecule has 0 aliphatic rings. The second-order valence-corrected chi connectivity index (χ2v) is 20.3. The molecular formula is C49H46IrN2OSi-2. The summed E-state index contributed by atoms with van der Waals surface area (Å²) in [6.07, 6.45) is 0.468. The first-order valence-electron chi connectivity index (χ1n) is 20.0. The number of rotatable bonds is 7. The predicted molar refractivity (Wildman–Crippen MR) is 225 cm³/mol. The van der Waals surface area contributed by atoms with Crippen molar-refractivity contribution in [2.45, 2.75) is 53.2 Å². The van der Waals surface area contributed by atoms with E-state index in [0.717, 1.165) is 55.1 Å². The van der Waals surface area contributed by atoms with Gasteiger partial charge in [0.15, 0.2) is 0 Å². The van der Waals surface area contributed by atoms with Crippen LogP contribution in [0.15, 0.2) is 150 Å². The zero-order chi connectivity index (χ0) is 40.6. The average molecular weight is 903 g/mol. The summed E-state index contributed by atoms with van der Waals surface area (Å²) in [5, 5.41) is 3.11. The number of fused-ring (bicyclic) bond motifs is 3. The summed E-state index contributed by atoms with van der Waals surface area (Å²) in [7, 11) is -1.70. The van der Waals surface area contributed by atoms with Crippen molar-refractivity contribution in [3.05, 3.63) is 175 Å². The summed E-state index contributed by atoms with van der Waals surface area (Å²) in [4.78, 5) is 9.15. The van der Waals surface area contributed by atoms with Gasteiger partial charge in [0.2, 0.25) is 0 Å². The Labute approximate surface area is 340 Å². The van der Waals surface area contributed by atoms with E-state index in [4.69, 9.17) is 9.90 Å². The van der Waals surface area contributed by atoms with Crippen LogP contribution in [0.2, 0.25) is 19.6 Å². The Kier molecular flexibility index (Phi) is 10.3. The molecule has 54 heavy (non-hydrogen) atoms. The fourth-order valence-corrected chi connectivity index (χ4v) is 7.73. The van der Waals surface area contributed by atoms with Crippen LogP contribution in [0.4, 0.5) is 0 Å². The Morgan fingerprint density at radius 2 is 1.43 bits per heavy atom. The van der Waals surface area contributed by atoms with Gasteiger partial charge in [-0.25, -0.2) is 0 Å². The van der Waals surface area contributed by atoms with E-state index in [1.54, 1.807) is 30.5 Å². The molecule has 0 aliphatic carbocycles. The molecule has 0 spiro atoms. The second-order valence-electron chi connectivity index (χ2n) is 15.2. The maximum atomic E-state index is 8.75. The minimum atomic E-state index is -1.70. The Morgan fingerprint density at radius 1 is 0.685 bits per heavy atom. The number of nitrogens with zero attached hydrogens (tertiary/aromatic N) is 2. The van der Waals surface area contributed by atoms with E-state index in [0.29, 0.717) is 22.4 Å². The van der Waals surface area contributed by atoms with Crippen LogP contribution < -0.4 is 5.19 Å². The smallest absolute Gasteiger partial charge is 0.121 e. The van der Waals surface area contributed by atoms with E-state index in [1.165, 1.54) is 0 Å². The van der Waals surface area contributed by atoms with Gasteiger partial charge in [-0.2, -0.15) is 0 Å². The van der Waals surface area contributed by atoms with Gasteiger partial charge < -0.3 is 14.4 Å². The first kappa shape index (κ1) is 33.6. The number of pyridine rings is 2. The fourth-order valence-electron chi connectivity index (χ4n) is 6.34. The number of hydrogen-bond acceptors (Lipinski definition) is 3. The number of furan rings is 1. The Bertz CT molecular complexity index is 2650. The van der Waals surface area contributed by atoms with E-state index >= 15 is 0 Å². The SMILES string of the molecule is [2H]C([2H])(c1cc(-c2[c-]cccc2)ncc1[Si](C)(C)C)C(C)(C)C.[2H]C([2H])(c1ccccc1)c1ccnc(-c2[c-]ccc3c2oc2cc(-c4ccccc4)ccc23)c1.[Ir]. The third kappa shape index (κ3) is 9.22. The van der Waals surface area contributed by atoms with Gasteiger partial charge in [-0.1, -0.05) is 142 Å². The van der Waals surface area contributed by atoms with Crippen molar-refractivity contribution in [2.24, 2.45) is 5.41 Å². The standard InChI is InChI=1S/C30H20NO.C19H26NSi.Ir/c1-3-8-21(9-4-1)18-22-16-17-31-28(19-22)27-13-7-12-26-25-15-14-24(20-29(25)32-30(26)27)23-10-5-2-6-11-23;1-19(2,3)13-16-12-17(15-10-8-7-9-11-15)20-14-18(16)21(4,5)6;/h1-12,14-17,19-20H,18H2;7-10,12,14H,13H2,1-6H3;/q2*-1;/i18D2;13D2;. The Morgan fingerprint density at radius 3 is 2.13 bits per heavy atom. The Hall–Kier alpha value is -4.93. The van der Waals surface area contributed by atoms with Crippen molar-refractivity contribution in [3.8, 4) is 33.6 Å². The van der Waals surface area contributed by atoms with Gasteiger partial charge in [-0.15, -0.1) is 54.1 Å². The molecule has 8 rings (SSSR count). The zero-order valence-corrected chi connectivity index (χ0v) is 34.9. The van der Waals surface area contributed by atoms with Crippen LogP contribution in [-0.4, -0.2) is 18.0 Å². The van der Waals surface area contributed by atoms with Gasteiger partial charge in [0.25, 0.3) is 0 Å². The minimum Gasteiger partial charge on any atom is -0.501 e. The first-order valence-corrected chi connectivity index (χ1v) is 21.5. The minimum absolute atomic E-state index is 0. The first-order chi connectivity index (χ1) is 27.1. The third-order valence-corrected chi connectivity index (χ3v) is 10.8. The van der Waals surface area contributed by atoms with Gasteiger partial charge in [0.05, 0.1) is 13.7 Å². The van der Waals surface area contributed by atoms with Gasteiger partial charge >= 0.3 is 0 Å². The van der Waals surface area contributed by atoms with Crippen molar-refractivity contribution in [1.82, 2.24) is 9.97 Å². The summed E-state index contributed by atoms with van der Waals surface area (Å²) < 4.78 is 41.3. The molecule has 0 bridgehead atoms. The topological polar surface area (TPSA) is 38.9 Å². The van der Waals surface area contributed by atoms with E-state index in [2.05, 4.69) is 72.1 Å². The molecule has 0 saturated heterocycles. The van der Waals surface area contributed by atoms with Crippen LogP contribution >= 0.6 is 0 Å². The Balaban J connectivity index is 0.000000208. The molecule has 5 aromatic carbocycles. The molecule has 0 amide bonds. The monoisotopic (exact) mass is 903 g/mol. The summed E-state index contributed by atoms with van der Waals surface area (Å²) in [6.45, 7) is 12.6. The second kappa shape index (κ2) is 16.6. The molecule has 3 aromatic heterocycles. The molecule has 0 aliphatic heterocycles. The van der Waals surface area contributed by atoms with Crippen molar-refractivity contribution in [2.75, 3.05) is 0 Å². The van der Waals surface area contributed by atoms with Crippen LogP contribution in [0.5, 0.6) is 0 Å². The summed E-state index contributed by atoms with van der Waals surface area (Å²) in [5.74, 6) is 0. The normalized spacial score (nSPS) is 13.1.